The van der Waals surface area contributed by atoms with Gasteiger partial charge in [0.1, 0.15) is 0 Å². The average Bonchev–Trinajstić information content (AvgIpc) is 2.95. The summed E-state index contributed by atoms with van der Waals surface area (Å²) in [5.74, 6) is -0.242. The zero-order valence-electron chi connectivity index (χ0n) is 15.2. The Morgan fingerprint density at radius 1 is 1.35 bits per heavy atom. The van der Waals surface area contributed by atoms with Crippen molar-refractivity contribution in [2.45, 2.75) is 51.2 Å². The fraction of sp³-hybridized carbons (Fsp3) is 0.579. The number of aromatic amines is 1. The highest BCUT2D eigenvalue weighted by Gasteiger charge is 2.29. The number of amides is 1. The molecule has 3 N–H and O–H groups in total. The Balaban J connectivity index is 1.70. The normalized spacial score (nSPS) is 16.7. The average molecular weight is 361 g/mol. The quantitative estimate of drug-likeness (QED) is 0.655. The summed E-state index contributed by atoms with van der Waals surface area (Å²) in [6, 6.07) is 5.14. The van der Waals surface area contributed by atoms with E-state index in [1.54, 1.807) is 22.8 Å². The molecule has 26 heavy (non-hydrogen) atoms. The standard InChI is InChI=1S/C19H27N3O4/c1-2-26-11-10-22-16-7-6-14(12-15(16)21-18(22)24)17(23)20-13-19(25)8-4-3-5-9-19/h6-7,12,25H,2-5,8-11,13H2,1H3,(H,20,23)(H,21,24). The zero-order valence-corrected chi connectivity index (χ0v) is 15.2. The fourth-order valence-corrected chi connectivity index (χ4v) is 3.56. The number of rotatable bonds is 7. The Morgan fingerprint density at radius 3 is 2.85 bits per heavy atom. The number of aliphatic hydroxyl groups is 1. The molecular weight excluding hydrogens is 334 g/mol. The van der Waals surface area contributed by atoms with Crippen LogP contribution in [0.1, 0.15) is 49.4 Å². The minimum atomic E-state index is -0.797. The molecule has 0 bridgehead atoms. The third-order valence-electron chi connectivity index (χ3n) is 5.06. The van der Waals surface area contributed by atoms with Gasteiger partial charge < -0.3 is 20.1 Å². The number of carbonyl (C=O) groups is 1. The van der Waals surface area contributed by atoms with Crippen LogP contribution in [0.3, 0.4) is 0 Å². The van der Waals surface area contributed by atoms with Gasteiger partial charge in [-0.25, -0.2) is 4.79 Å². The number of hydrogen-bond donors (Lipinski definition) is 3. The highest BCUT2D eigenvalue weighted by Crippen LogP contribution is 2.27. The van der Waals surface area contributed by atoms with Crippen LogP contribution in [-0.4, -0.2) is 45.9 Å². The van der Waals surface area contributed by atoms with E-state index >= 15 is 0 Å². The lowest BCUT2D eigenvalue weighted by atomic mass is 9.85. The van der Waals surface area contributed by atoms with Gasteiger partial charge in [0.2, 0.25) is 0 Å². The van der Waals surface area contributed by atoms with Gasteiger partial charge in [-0.2, -0.15) is 0 Å². The number of nitrogens with zero attached hydrogens (tertiary/aromatic N) is 1. The second kappa shape index (κ2) is 8.05. The molecule has 3 rings (SSSR count). The number of fused-ring (bicyclic) bond motifs is 1. The minimum absolute atomic E-state index is 0.214. The van der Waals surface area contributed by atoms with Gasteiger partial charge in [-0.3, -0.25) is 9.36 Å². The van der Waals surface area contributed by atoms with E-state index < -0.39 is 5.60 Å². The molecule has 7 heteroatoms. The number of H-pyrrole nitrogens is 1. The number of carbonyl (C=O) groups excluding carboxylic acids is 1. The SMILES string of the molecule is CCOCCn1c(=O)[nH]c2cc(C(=O)NCC3(O)CCCCC3)ccc21. The number of aromatic nitrogens is 2. The molecular formula is C19H27N3O4. The predicted molar refractivity (Wildman–Crippen MR) is 99.4 cm³/mol. The Morgan fingerprint density at radius 2 is 2.12 bits per heavy atom. The van der Waals surface area contributed by atoms with Gasteiger partial charge >= 0.3 is 5.69 Å². The van der Waals surface area contributed by atoms with Crippen molar-refractivity contribution in [2.24, 2.45) is 0 Å². The molecule has 0 saturated heterocycles. The molecule has 1 saturated carbocycles. The molecule has 1 amide bonds. The topological polar surface area (TPSA) is 96.4 Å². The maximum atomic E-state index is 12.4. The monoisotopic (exact) mass is 361 g/mol. The first kappa shape index (κ1) is 18.7. The van der Waals surface area contributed by atoms with Crippen LogP contribution in [0.15, 0.2) is 23.0 Å². The van der Waals surface area contributed by atoms with Gasteiger partial charge in [0.05, 0.1) is 29.8 Å². The summed E-state index contributed by atoms with van der Waals surface area (Å²) in [7, 11) is 0. The molecule has 0 radical (unpaired) electrons. The lowest BCUT2D eigenvalue weighted by Crippen LogP contribution is -2.44. The van der Waals surface area contributed by atoms with E-state index in [1.165, 1.54) is 0 Å². The molecule has 0 spiro atoms. The van der Waals surface area contributed by atoms with Gasteiger partial charge in [-0.05, 0) is 38.0 Å². The molecule has 0 unspecified atom stereocenters. The summed E-state index contributed by atoms with van der Waals surface area (Å²) in [5, 5.41) is 13.3. The third kappa shape index (κ3) is 4.16. The van der Waals surface area contributed by atoms with Gasteiger partial charge in [-0.15, -0.1) is 0 Å². The molecule has 2 aromatic rings. The van der Waals surface area contributed by atoms with Gasteiger partial charge in [0.15, 0.2) is 0 Å². The maximum absolute atomic E-state index is 12.4. The van der Waals surface area contributed by atoms with Crippen molar-refractivity contribution in [3.05, 3.63) is 34.2 Å². The Kier molecular flexibility index (Phi) is 5.78. The van der Waals surface area contributed by atoms with Crippen LogP contribution in [0.5, 0.6) is 0 Å². The van der Waals surface area contributed by atoms with Crippen molar-refractivity contribution in [1.82, 2.24) is 14.9 Å². The second-order valence-electron chi connectivity index (χ2n) is 6.98. The molecule has 142 valence electrons. The van der Waals surface area contributed by atoms with E-state index in [-0.39, 0.29) is 18.1 Å². The highest BCUT2D eigenvalue weighted by atomic mass is 16.5. The predicted octanol–water partition coefficient (Wildman–Crippen LogP) is 1.79. The van der Waals surface area contributed by atoms with E-state index in [2.05, 4.69) is 10.3 Å². The zero-order chi connectivity index (χ0) is 18.6. The molecule has 0 atom stereocenters. The molecule has 1 fully saturated rings. The third-order valence-corrected chi connectivity index (χ3v) is 5.06. The number of ether oxygens (including phenoxy) is 1. The summed E-state index contributed by atoms with van der Waals surface area (Å²) < 4.78 is 6.92. The Bertz CT molecular complexity index is 818. The number of imidazole rings is 1. The summed E-state index contributed by atoms with van der Waals surface area (Å²) in [5.41, 5.74) is 0.825. The van der Waals surface area contributed by atoms with Gasteiger partial charge in [0, 0.05) is 18.7 Å². The van der Waals surface area contributed by atoms with Gasteiger partial charge in [-0.1, -0.05) is 19.3 Å². The fourth-order valence-electron chi connectivity index (χ4n) is 3.56. The van der Waals surface area contributed by atoms with Crippen LogP contribution < -0.4 is 11.0 Å². The van der Waals surface area contributed by atoms with E-state index in [1.807, 2.05) is 6.92 Å². The molecule has 1 aliphatic rings. The molecule has 1 aromatic carbocycles. The van der Waals surface area contributed by atoms with Crippen molar-refractivity contribution < 1.29 is 14.6 Å². The van der Waals surface area contributed by atoms with Crippen molar-refractivity contribution in [3.8, 4) is 0 Å². The van der Waals surface area contributed by atoms with Crippen molar-refractivity contribution in [1.29, 1.82) is 0 Å². The first-order valence-electron chi connectivity index (χ1n) is 9.33. The second-order valence-corrected chi connectivity index (χ2v) is 6.98. The first-order chi connectivity index (χ1) is 12.5. The van der Waals surface area contributed by atoms with E-state index in [0.29, 0.717) is 30.8 Å². The highest BCUT2D eigenvalue weighted by molar-refractivity contribution is 5.97. The summed E-state index contributed by atoms with van der Waals surface area (Å²) in [6.45, 7) is 3.70. The number of benzene rings is 1. The summed E-state index contributed by atoms with van der Waals surface area (Å²) in [6.07, 6.45) is 4.58. The smallest absolute Gasteiger partial charge is 0.326 e. The van der Waals surface area contributed by atoms with Gasteiger partial charge in [0.25, 0.3) is 5.91 Å². The van der Waals surface area contributed by atoms with E-state index in [0.717, 1.165) is 37.6 Å². The Hall–Kier alpha value is -2.12. The minimum Gasteiger partial charge on any atom is -0.388 e. The lowest BCUT2D eigenvalue weighted by molar-refractivity contribution is 0.00526. The number of hydrogen-bond acceptors (Lipinski definition) is 4. The maximum Gasteiger partial charge on any atom is 0.326 e. The van der Waals surface area contributed by atoms with E-state index in [9.17, 15) is 14.7 Å². The van der Waals surface area contributed by atoms with Crippen LogP contribution in [-0.2, 0) is 11.3 Å². The molecule has 0 aliphatic heterocycles. The number of nitrogens with one attached hydrogen (secondary N) is 2. The van der Waals surface area contributed by atoms with Crippen LogP contribution in [0, 0.1) is 0 Å². The van der Waals surface area contributed by atoms with Crippen molar-refractivity contribution in [2.75, 3.05) is 19.8 Å². The van der Waals surface area contributed by atoms with Crippen LogP contribution in [0.4, 0.5) is 0 Å². The summed E-state index contributed by atoms with van der Waals surface area (Å²) >= 11 is 0. The lowest BCUT2D eigenvalue weighted by Gasteiger charge is -2.32. The first-order valence-corrected chi connectivity index (χ1v) is 9.33. The summed E-state index contributed by atoms with van der Waals surface area (Å²) in [4.78, 5) is 27.3. The molecule has 1 aromatic heterocycles. The Labute approximate surface area is 152 Å². The van der Waals surface area contributed by atoms with Crippen molar-refractivity contribution >= 4 is 16.9 Å². The van der Waals surface area contributed by atoms with Crippen LogP contribution >= 0.6 is 0 Å². The molecule has 7 nitrogen and oxygen atoms in total. The van der Waals surface area contributed by atoms with Crippen molar-refractivity contribution in [3.63, 3.8) is 0 Å². The van der Waals surface area contributed by atoms with E-state index in [4.69, 9.17) is 4.74 Å². The van der Waals surface area contributed by atoms with Crippen LogP contribution in [0.25, 0.3) is 11.0 Å². The molecule has 1 heterocycles. The molecule has 1 aliphatic carbocycles. The largest absolute Gasteiger partial charge is 0.388 e. The van der Waals surface area contributed by atoms with Crippen LogP contribution in [0.2, 0.25) is 0 Å².